The topological polar surface area (TPSA) is 161 Å². The van der Waals surface area contributed by atoms with Crippen LogP contribution in [0.4, 0.5) is 15.0 Å². The molecule has 0 saturated carbocycles. The monoisotopic (exact) mass is 894 g/mol. The summed E-state index contributed by atoms with van der Waals surface area (Å²) in [6.07, 6.45) is 24.6. The molecule has 362 valence electrons. The lowest BCUT2D eigenvalue weighted by Gasteiger charge is -2.24. The zero-order chi connectivity index (χ0) is 46.1. The second-order valence-corrected chi connectivity index (χ2v) is 17.5. The van der Waals surface area contributed by atoms with Crippen LogP contribution in [0.2, 0.25) is 0 Å². The predicted octanol–water partition coefficient (Wildman–Crippen LogP) is 12.4. The fourth-order valence-electron chi connectivity index (χ4n) is 7.89. The van der Waals surface area contributed by atoms with Crippen molar-refractivity contribution in [2.75, 3.05) is 11.9 Å². The average Bonchev–Trinajstić information content (AvgIpc) is 3.55. The summed E-state index contributed by atoms with van der Waals surface area (Å²) in [4.78, 5) is 68.1. The maximum absolute atomic E-state index is 15.5. The third-order valence-corrected chi connectivity index (χ3v) is 11.6. The van der Waals surface area contributed by atoms with E-state index in [2.05, 4.69) is 31.1 Å². The SMILES string of the molecule is CCCCCCCCCCCC(=O)CO[C@@H]1[C@H](OC(=O)CCCCCCCCCCC)[C@@H](C)O[C@H]1n1cc(F)c(NC(=O)OC(C)OC(=O)CCCCCCCCCCC)nc1=O. The van der Waals surface area contributed by atoms with E-state index < -0.39 is 66.2 Å². The van der Waals surface area contributed by atoms with Gasteiger partial charge in [-0.25, -0.2) is 14.0 Å². The molecule has 1 aliphatic rings. The molecular formula is C49H84FN3O10. The van der Waals surface area contributed by atoms with Gasteiger partial charge in [-0.1, -0.05) is 175 Å². The maximum Gasteiger partial charge on any atom is 0.415 e. The molecule has 1 aromatic rings. The number of hydrogen-bond acceptors (Lipinski definition) is 11. The van der Waals surface area contributed by atoms with Crippen molar-refractivity contribution in [3.63, 3.8) is 0 Å². The van der Waals surface area contributed by atoms with E-state index in [1.165, 1.54) is 103 Å². The Morgan fingerprint density at radius 2 is 1.11 bits per heavy atom. The molecule has 1 aromatic heterocycles. The molecule has 0 radical (unpaired) electrons. The number of anilines is 1. The highest BCUT2D eigenvalue weighted by Crippen LogP contribution is 2.34. The fraction of sp³-hybridized carbons (Fsp3) is 0.837. The molecule has 1 saturated heterocycles. The Morgan fingerprint density at radius 1 is 0.667 bits per heavy atom. The third-order valence-electron chi connectivity index (χ3n) is 11.6. The molecule has 0 aromatic carbocycles. The van der Waals surface area contributed by atoms with E-state index in [4.69, 9.17) is 23.7 Å². The van der Waals surface area contributed by atoms with E-state index in [9.17, 15) is 24.0 Å². The third kappa shape index (κ3) is 25.0. The Hall–Kier alpha value is -3.39. The second-order valence-electron chi connectivity index (χ2n) is 17.5. The molecule has 5 atom stereocenters. The van der Waals surface area contributed by atoms with Gasteiger partial charge in [-0.2, -0.15) is 4.98 Å². The van der Waals surface area contributed by atoms with Crippen molar-refractivity contribution in [3.8, 4) is 0 Å². The zero-order valence-corrected chi connectivity index (χ0v) is 39.7. The van der Waals surface area contributed by atoms with Crippen molar-refractivity contribution < 1.29 is 47.3 Å². The van der Waals surface area contributed by atoms with Crippen LogP contribution in [-0.4, -0.2) is 64.6 Å². The molecule has 0 bridgehead atoms. The maximum atomic E-state index is 15.5. The Labute approximate surface area is 378 Å². The minimum atomic E-state index is -1.30. The lowest BCUT2D eigenvalue weighted by Crippen LogP contribution is -2.41. The Kier molecular flexibility index (Phi) is 30.9. The summed E-state index contributed by atoms with van der Waals surface area (Å²) >= 11 is 0. The number of hydrogen-bond donors (Lipinski definition) is 1. The van der Waals surface area contributed by atoms with E-state index >= 15 is 4.39 Å². The molecule has 2 heterocycles. The number of amides is 1. The van der Waals surface area contributed by atoms with Crippen LogP contribution in [0, 0.1) is 5.82 Å². The van der Waals surface area contributed by atoms with E-state index in [-0.39, 0.29) is 25.2 Å². The number of ketones is 1. The summed E-state index contributed by atoms with van der Waals surface area (Å²) < 4.78 is 44.7. The van der Waals surface area contributed by atoms with Gasteiger partial charge in [-0.15, -0.1) is 0 Å². The lowest BCUT2D eigenvalue weighted by atomic mass is 10.1. The number of nitrogens with one attached hydrogen (secondary N) is 1. The van der Waals surface area contributed by atoms with Crippen LogP contribution in [0.5, 0.6) is 0 Å². The zero-order valence-electron chi connectivity index (χ0n) is 39.7. The number of unbranched alkanes of at least 4 members (excludes halogenated alkanes) is 24. The van der Waals surface area contributed by atoms with Gasteiger partial charge in [0.05, 0.1) is 12.3 Å². The summed E-state index contributed by atoms with van der Waals surface area (Å²) in [6.45, 7) is 9.29. The van der Waals surface area contributed by atoms with E-state index in [1.54, 1.807) is 6.92 Å². The molecule has 1 N–H and O–H groups in total. The van der Waals surface area contributed by atoms with Crippen LogP contribution in [0.1, 0.15) is 233 Å². The molecule has 63 heavy (non-hydrogen) atoms. The first-order valence-corrected chi connectivity index (χ1v) is 24.9. The smallest absolute Gasteiger partial charge is 0.415 e. The molecule has 2 rings (SSSR count). The van der Waals surface area contributed by atoms with E-state index in [1.807, 2.05) is 0 Å². The normalized spacial score (nSPS) is 17.7. The number of rotatable bonds is 38. The summed E-state index contributed by atoms with van der Waals surface area (Å²) in [6, 6.07) is 0. The van der Waals surface area contributed by atoms with Crippen LogP contribution in [-0.2, 0) is 38.1 Å². The van der Waals surface area contributed by atoms with Crippen molar-refractivity contribution in [3.05, 3.63) is 22.5 Å². The standard InChI is InChI=1S/C49H84FN3O10/c1-6-9-12-15-18-21-24-27-30-33-40(54)37-59-45-44(63-43(56)35-32-29-26-23-20-17-14-11-8-3)38(4)60-47(45)53-36-41(50)46(51-48(53)57)52-49(58)62-39(5)61-42(55)34-31-28-25-22-19-16-13-10-7-2/h36,38-39,44-45,47H,6-35,37H2,1-5H3,(H,51,52,57,58)/t38-,39?,44-,45-,47-/m1/s1. The molecule has 1 unspecified atom stereocenters. The van der Waals surface area contributed by atoms with Crippen LogP contribution < -0.4 is 11.0 Å². The van der Waals surface area contributed by atoms with Gasteiger partial charge in [0.2, 0.25) is 6.29 Å². The summed E-state index contributed by atoms with van der Waals surface area (Å²) in [5.41, 5.74) is -0.999. The number of carbonyl (C=O) groups is 4. The van der Waals surface area contributed by atoms with Gasteiger partial charge in [0.1, 0.15) is 12.7 Å². The van der Waals surface area contributed by atoms with Crippen molar-refractivity contribution in [2.45, 2.75) is 258 Å². The van der Waals surface area contributed by atoms with Crippen molar-refractivity contribution in [1.29, 1.82) is 0 Å². The van der Waals surface area contributed by atoms with E-state index in [0.717, 1.165) is 75.0 Å². The predicted molar refractivity (Wildman–Crippen MR) is 244 cm³/mol. The van der Waals surface area contributed by atoms with E-state index in [0.29, 0.717) is 19.3 Å². The summed E-state index contributed by atoms with van der Waals surface area (Å²) in [5, 5.41) is 2.10. The average molecular weight is 894 g/mol. The number of carbonyl (C=O) groups excluding carboxylic acids is 4. The quantitative estimate of drug-likeness (QED) is 0.0382. The van der Waals surface area contributed by atoms with Gasteiger partial charge in [0, 0.05) is 26.2 Å². The van der Waals surface area contributed by atoms with Crippen LogP contribution in [0.15, 0.2) is 11.0 Å². The Bertz CT molecular complexity index is 1480. The fourth-order valence-corrected chi connectivity index (χ4v) is 7.89. The number of esters is 2. The molecule has 14 heteroatoms. The largest absolute Gasteiger partial charge is 0.457 e. The number of halogens is 1. The Morgan fingerprint density at radius 3 is 1.60 bits per heavy atom. The summed E-state index contributed by atoms with van der Waals surface area (Å²) in [5.74, 6) is -2.92. The molecule has 1 aliphatic heterocycles. The Balaban J connectivity index is 1.99. The summed E-state index contributed by atoms with van der Waals surface area (Å²) in [7, 11) is 0. The number of nitrogens with zero attached hydrogens (tertiary/aromatic N) is 2. The second kappa shape index (κ2) is 34.9. The minimum absolute atomic E-state index is 0.144. The van der Waals surface area contributed by atoms with Gasteiger partial charge < -0.3 is 23.7 Å². The molecule has 1 amide bonds. The van der Waals surface area contributed by atoms with Crippen LogP contribution >= 0.6 is 0 Å². The highest BCUT2D eigenvalue weighted by molar-refractivity contribution is 5.83. The first kappa shape index (κ1) is 55.7. The lowest BCUT2D eigenvalue weighted by molar-refractivity contribution is -0.164. The highest BCUT2D eigenvalue weighted by Gasteiger charge is 2.47. The number of Topliss-reactive ketones (excluding diaryl/α,β-unsaturated/α-hetero) is 1. The van der Waals surface area contributed by atoms with Crippen molar-refractivity contribution >= 4 is 29.6 Å². The highest BCUT2D eigenvalue weighted by atomic mass is 19.1. The molecular weight excluding hydrogens is 810 g/mol. The van der Waals surface area contributed by atoms with Gasteiger partial charge in [0.15, 0.2) is 29.8 Å². The first-order chi connectivity index (χ1) is 30.5. The van der Waals surface area contributed by atoms with Crippen molar-refractivity contribution in [1.82, 2.24) is 9.55 Å². The minimum Gasteiger partial charge on any atom is -0.457 e. The van der Waals surface area contributed by atoms with Gasteiger partial charge in [0.25, 0.3) is 0 Å². The number of aromatic nitrogens is 2. The van der Waals surface area contributed by atoms with Crippen LogP contribution in [0.3, 0.4) is 0 Å². The van der Waals surface area contributed by atoms with Gasteiger partial charge in [-0.05, 0) is 26.2 Å². The first-order valence-electron chi connectivity index (χ1n) is 24.9. The van der Waals surface area contributed by atoms with Gasteiger partial charge in [-0.3, -0.25) is 24.3 Å². The van der Waals surface area contributed by atoms with Crippen molar-refractivity contribution in [2.24, 2.45) is 0 Å². The van der Waals surface area contributed by atoms with Gasteiger partial charge >= 0.3 is 23.7 Å². The molecule has 0 spiro atoms. The number of ether oxygens (including phenoxy) is 5. The molecule has 1 fully saturated rings. The molecule has 13 nitrogen and oxygen atoms in total. The molecule has 0 aliphatic carbocycles. The van der Waals surface area contributed by atoms with Crippen LogP contribution in [0.25, 0.3) is 0 Å².